The second-order valence-corrected chi connectivity index (χ2v) is 7.42. The van der Waals surface area contributed by atoms with E-state index in [0.717, 1.165) is 51.9 Å². The number of nitrogens with zero attached hydrogens (tertiary/aromatic N) is 1. The normalized spacial score (nSPS) is 15.7. The minimum Gasteiger partial charge on any atom is -0.356 e. The van der Waals surface area contributed by atoms with Crippen LogP contribution in [0.1, 0.15) is 36.0 Å². The number of carbonyl (C=O) groups excluding carboxylic acids is 1. The van der Waals surface area contributed by atoms with Crippen molar-refractivity contribution in [2.24, 2.45) is 5.92 Å². The topological polar surface area (TPSA) is 32.3 Å². The van der Waals surface area contributed by atoms with Gasteiger partial charge in [0.05, 0.1) is 0 Å². The first-order valence-electron chi connectivity index (χ1n) is 9.80. The van der Waals surface area contributed by atoms with Crippen LogP contribution in [0.2, 0.25) is 0 Å². The predicted molar refractivity (Wildman–Crippen MR) is 107 cm³/mol. The molecule has 2 aromatic carbocycles. The zero-order chi connectivity index (χ0) is 18.2. The van der Waals surface area contributed by atoms with Gasteiger partial charge in [0.25, 0.3) is 0 Å². The Balaban J connectivity index is 1.33. The summed E-state index contributed by atoms with van der Waals surface area (Å²) in [4.78, 5) is 14.9. The predicted octanol–water partition coefficient (Wildman–Crippen LogP) is 3.96. The number of hydrogen-bond acceptors (Lipinski definition) is 2. The largest absolute Gasteiger partial charge is 0.356 e. The molecule has 0 aliphatic carbocycles. The number of nitrogens with one attached hydrogen (secondary N) is 1. The van der Waals surface area contributed by atoms with E-state index in [1.807, 2.05) is 0 Å². The molecule has 2 aromatic rings. The van der Waals surface area contributed by atoms with Crippen molar-refractivity contribution in [2.75, 3.05) is 19.6 Å². The Morgan fingerprint density at radius 1 is 1.04 bits per heavy atom. The number of hydrogen-bond donors (Lipinski definition) is 1. The maximum absolute atomic E-state index is 12.4. The lowest BCUT2D eigenvalue weighted by Gasteiger charge is -2.31. The number of likely N-dealkylation sites (tertiary alicyclic amines) is 1. The lowest BCUT2D eigenvalue weighted by Crippen LogP contribution is -2.40. The van der Waals surface area contributed by atoms with Gasteiger partial charge in [0.15, 0.2) is 0 Å². The van der Waals surface area contributed by atoms with Gasteiger partial charge in [-0.15, -0.1) is 0 Å². The van der Waals surface area contributed by atoms with Gasteiger partial charge in [-0.1, -0.05) is 60.2 Å². The SMILES string of the molecule is Cc1cccc(CCCNC(=O)C2CCN(Cc3ccccc3)CC2)c1. The summed E-state index contributed by atoms with van der Waals surface area (Å²) in [5, 5.41) is 3.14. The first-order chi connectivity index (χ1) is 12.7. The van der Waals surface area contributed by atoms with E-state index in [1.165, 1.54) is 16.7 Å². The van der Waals surface area contributed by atoms with Crippen LogP contribution in [0.5, 0.6) is 0 Å². The van der Waals surface area contributed by atoms with Gasteiger partial charge in [-0.2, -0.15) is 0 Å². The number of aryl methyl sites for hydroxylation is 2. The summed E-state index contributed by atoms with van der Waals surface area (Å²) in [6.45, 7) is 5.91. The third kappa shape index (κ3) is 5.70. The van der Waals surface area contributed by atoms with Crippen molar-refractivity contribution in [1.29, 1.82) is 0 Å². The molecule has 3 nitrogen and oxygen atoms in total. The van der Waals surface area contributed by atoms with Crippen molar-refractivity contribution < 1.29 is 4.79 Å². The molecule has 3 rings (SSSR count). The molecule has 0 spiro atoms. The van der Waals surface area contributed by atoms with E-state index in [9.17, 15) is 4.79 Å². The summed E-state index contributed by atoms with van der Waals surface area (Å²) in [5.41, 5.74) is 4.01. The first kappa shape index (κ1) is 18.7. The van der Waals surface area contributed by atoms with Crippen LogP contribution in [0, 0.1) is 12.8 Å². The molecule has 1 aliphatic heterocycles. The Bertz CT molecular complexity index is 690. The maximum Gasteiger partial charge on any atom is 0.223 e. The molecule has 0 aromatic heterocycles. The molecular formula is C23H30N2O. The van der Waals surface area contributed by atoms with Gasteiger partial charge in [-0.25, -0.2) is 0 Å². The second-order valence-electron chi connectivity index (χ2n) is 7.42. The third-order valence-electron chi connectivity index (χ3n) is 5.23. The molecule has 0 unspecified atom stereocenters. The van der Waals surface area contributed by atoms with Gasteiger partial charge in [-0.05, 0) is 56.8 Å². The zero-order valence-corrected chi connectivity index (χ0v) is 15.8. The number of amides is 1. The molecule has 3 heteroatoms. The fourth-order valence-corrected chi connectivity index (χ4v) is 3.71. The van der Waals surface area contributed by atoms with Crippen LogP contribution in [-0.4, -0.2) is 30.4 Å². The highest BCUT2D eigenvalue weighted by atomic mass is 16.1. The van der Waals surface area contributed by atoms with Crippen LogP contribution >= 0.6 is 0 Å². The highest BCUT2D eigenvalue weighted by molar-refractivity contribution is 5.78. The first-order valence-corrected chi connectivity index (χ1v) is 9.80. The van der Waals surface area contributed by atoms with Crippen LogP contribution < -0.4 is 5.32 Å². The van der Waals surface area contributed by atoms with Crippen LogP contribution in [-0.2, 0) is 17.8 Å². The van der Waals surface area contributed by atoms with Crippen molar-refractivity contribution in [1.82, 2.24) is 10.2 Å². The third-order valence-corrected chi connectivity index (χ3v) is 5.23. The summed E-state index contributed by atoms with van der Waals surface area (Å²) in [6.07, 6.45) is 3.96. The second kappa shape index (κ2) is 9.54. The molecule has 0 bridgehead atoms. The smallest absolute Gasteiger partial charge is 0.223 e. The summed E-state index contributed by atoms with van der Waals surface area (Å²) in [7, 11) is 0. The Morgan fingerprint density at radius 3 is 2.50 bits per heavy atom. The van der Waals surface area contributed by atoms with E-state index in [4.69, 9.17) is 0 Å². The molecule has 1 N–H and O–H groups in total. The highest BCUT2D eigenvalue weighted by Gasteiger charge is 2.24. The van der Waals surface area contributed by atoms with Gasteiger partial charge in [0.2, 0.25) is 5.91 Å². The molecule has 1 aliphatic rings. The van der Waals surface area contributed by atoms with Crippen LogP contribution in [0.3, 0.4) is 0 Å². The molecule has 1 heterocycles. The molecule has 1 amide bonds. The Morgan fingerprint density at radius 2 is 1.77 bits per heavy atom. The standard InChI is InChI=1S/C23H30N2O/c1-19-7-5-10-20(17-19)11-6-14-24-23(26)22-12-15-25(16-13-22)18-21-8-3-2-4-9-21/h2-5,7-10,17,22H,6,11-16,18H2,1H3,(H,24,26). The maximum atomic E-state index is 12.4. The van der Waals surface area contributed by atoms with E-state index >= 15 is 0 Å². The lowest BCUT2D eigenvalue weighted by atomic mass is 9.95. The fraction of sp³-hybridized carbons (Fsp3) is 0.435. The van der Waals surface area contributed by atoms with Gasteiger partial charge >= 0.3 is 0 Å². The van der Waals surface area contributed by atoms with Gasteiger partial charge in [-0.3, -0.25) is 9.69 Å². The van der Waals surface area contributed by atoms with Crippen molar-refractivity contribution in [2.45, 2.75) is 39.2 Å². The lowest BCUT2D eigenvalue weighted by molar-refractivity contribution is -0.126. The van der Waals surface area contributed by atoms with Crippen molar-refractivity contribution in [3.05, 3.63) is 71.3 Å². The summed E-state index contributed by atoms with van der Waals surface area (Å²) in [5.74, 6) is 0.426. The average molecular weight is 351 g/mol. The van der Waals surface area contributed by atoms with E-state index in [1.54, 1.807) is 0 Å². The number of benzene rings is 2. The summed E-state index contributed by atoms with van der Waals surface area (Å²) < 4.78 is 0. The van der Waals surface area contributed by atoms with E-state index in [-0.39, 0.29) is 11.8 Å². The van der Waals surface area contributed by atoms with Crippen LogP contribution in [0.25, 0.3) is 0 Å². The fourth-order valence-electron chi connectivity index (χ4n) is 3.71. The van der Waals surface area contributed by atoms with Gasteiger partial charge in [0.1, 0.15) is 0 Å². The van der Waals surface area contributed by atoms with Crippen molar-refractivity contribution in [3.63, 3.8) is 0 Å². The minimum absolute atomic E-state index is 0.181. The highest BCUT2D eigenvalue weighted by Crippen LogP contribution is 2.19. The molecule has 138 valence electrons. The molecule has 1 fully saturated rings. The van der Waals surface area contributed by atoms with Crippen molar-refractivity contribution in [3.8, 4) is 0 Å². The Kier molecular flexibility index (Phi) is 6.84. The Labute approximate surface area is 157 Å². The van der Waals surface area contributed by atoms with Gasteiger partial charge in [0, 0.05) is 19.0 Å². The van der Waals surface area contributed by atoms with Crippen molar-refractivity contribution >= 4 is 5.91 Å². The molecule has 0 radical (unpaired) electrons. The summed E-state index contributed by atoms with van der Waals surface area (Å²) >= 11 is 0. The van der Waals surface area contributed by atoms with E-state index in [2.05, 4.69) is 71.7 Å². The van der Waals surface area contributed by atoms with E-state index < -0.39 is 0 Å². The molecule has 0 atom stereocenters. The molecule has 26 heavy (non-hydrogen) atoms. The quantitative estimate of drug-likeness (QED) is 0.767. The molecular weight excluding hydrogens is 320 g/mol. The number of carbonyl (C=O) groups is 1. The monoisotopic (exact) mass is 350 g/mol. The molecule has 0 saturated carbocycles. The molecule has 1 saturated heterocycles. The van der Waals surface area contributed by atoms with E-state index in [0.29, 0.717) is 0 Å². The Hall–Kier alpha value is -2.13. The average Bonchev–Trinajstić information content (AvgIpc) is 2.66. The minimum atomic E-state index is 0.181. The number of rotatable bonds is 7. The number of piperidine rings is 1. The van der Waals surface area contributed by atoms with Crippen LogP contribution in [0.4, 0.5) is 0 Å². The van der Waals surface area contributed by atoms with Crippen LogP contribution in [0.15, 0.2) is 54.6 Å². The van der Waals surface area contributed by atoms with Gasteiger partial charge < -0.3 is 5.32 Å². The summed E-state index contributed by atoms with van der Waals surface area (Å²) in [6, 6.07) is 19.2. The zero-order valence-electron chi connectivity index (χ0n) is 15.8.